The summed E-state index contributed by atoms with van der Waals surface area (Å²) in [5, 5.41) is 16.9. The van der Waals surface area contributed by atoms with E-state index < -0.39 is 4.92 Å². The average molecular weight is 312 g/mol. The Morgan fingerprint density at radius 3 is 1.96 bits per heavy atom. The van der Waals surface area contributed by atoms with Gasteiger partial charge in [0.25, 0.3) is 5.69 Å². The van der Waals surface area contributed by atoms with Crippen LogP contribution in [-0.2, 0) is 0 Å². The van der Waals surface area contributed by atoms with Crippen LogP contribution in [0.15, 0.2) is 53.6 Å². The van der Waals surface area contributed by atoms with Crippen LogP contribution in [0.3, 0.4) is 0 Å². The quantitative estimate of drug-likeness (QED) is 0.481. The molecule has 0 amide bonds. The summed E-state index contributed by atoms with van der Waals surface area (Å²) in [4.78, 5) is 12.3. The SMILES string of the molecule is C/C(=N\N(C)c1ccc([N+](=O)[O-])cc1)c1ccc(N(C)C)cc1. The van der Waals surface area contributed by atoms with Crippen LogP contribution in [0.4, 0.5) is 17.1 Å². The Labute approximate surface area is 135 Å². The third-order valence-corrected chi connectivity index (χ3v) is 3.54. The summed E-state index contributed by atoms with van der Waals surface area (Å²) >= 11 is 0. The number of benzene rings is 2. The molecule has 0 saturated heterocycles. The Kier molecular flexibility index (Phi) is 4.95. The number of hydrazone groups is 1. The van der Waals surface area contributed by atoms with Gasteiger partial charge in [-0.05, 0) is 36.8 Å². The fourth-order valence-electron chi connectivity index (χ4n) is 2.13. The Balaban J connectivity index is 2.17. The molecule has 23 heavy (non-hydrogen) atoms. The van der Waals surface area contributed by atoms with E-state index in [4.69, 9.17) is 0 Å². The van der Waals surface area contributed by atoms with Gasteiger partial charge in [-0.25, -0.2) is 0 Å². The highest BCUT2D eigenvalue weighted by Gasteiger charge is 2.07. The van der Waals surface area contributed by atoms with Gasteiger partial charge in [0.2, 0.25) is 0 Å². The van der Waals surface area contributed by atoms with E-state index in [2.05, 4.69) is 5.10 Å². The van der Waals surface area contributed by atoms with Crippen LogP contribution in [0.5, 0.6) is 0 Å². The second kappa shape index (κ2) is 6.91. The lowest BCUT2D eigenvalue weighted by atomic mass is 10.1. The zero-order valence-electron chi connectivity index (χ0n) is 13.7. The zero-order valence-corrected chi connectivity index (χ0v) is 13.7. The number of hydrogen-bond acceptors (Lipinski definition) is 5. The van der Waals surface area contributed by atoms with Gasteiger partial charge in [-0.1, -0.05) is 12.1 Å². The second-order valence-corrected chi connectivity index (χ2v) is 5.42. The van der Waals surface area contributed by atoms with Gasteiger partial charge in [0.15, 0.2) is 0 Å². The standard InChI is InChI=1S/C17H20N4O2/c1-13(14-5-7-15(8-6-14)19(2)3)18-20(4)16-9-11-17(12-10-16)21(22)23/h5-12H,1-4H3/b18-13+. The molecule has 0 radical (unpaired) electrons. The Bertz CT molecular complexity index is 706. The van der Waals surface area contributed by atoms with Crippen LogP contribution in [0.25, 0.3) is 0 Å². The first-order valence-corrected chi connectivity index (χ1v) is 7.19. The van der Waals surface area contributed by atoms with Crippen molar-refractivity contribution in [1.29, 1.82) is 0 Å². The van der Waals surface area contributed by atoms with Crippen LogP contribution in [0.1, 0.15) is 12.5 Å². The number of hydrogen-bond donors (Lipinski definition) is 0. The fraction of sp³-hybridized carbons (Fsp3) is 0.235. The van der Waals surface area contributed by atoms with Crippen molar-refractivity contribution in [2.75, 3.05) is 31.1 Å². The highest BCUT2D eigenvalue weighted by atomic mass is 16.6. The molecule has 6 heteroatoms. The smallest absolute Gasteiger partial charge is 0.269 e. The summed E-state index contributed by atoms with van der Waals surface area (Å²) < 4.78 is 0. The molecule has 0 aliphatic rings. The summed E-state index contributed by atoms with van der Waals surface area (Å²) in [5.41, 5.74) is 3.90. The zero-order chi connectivity index (χ0) is 17.0. The van der Waals surface area contributed by atoms with E-state index in [1.165, 1.54) is 12.1 Å². The largest absolute Gasteiger partial charge is 0.378 e. The summed E-state index contributed by atoms with van der Waals surface area (Å²) in [6.45, 7) is 1.94. The lowest BCUT2D eigenvalue weighted by molar-refractivity contribution is -0.384. The molecule has 2 rings (SSSR count). The average Bonchev–Trinajstić information content (AvgIpc) is 2.54. The molecule has 0 unspecified atom stereocenters. The highest BCUT2D eigenvalue weighted by Crippen LogP contribution is 2.19. The monoisotopic (exact) mass is 312 g/mol. The summed E-state index contributed by atoms with van der Waals surface area (Å²) in [5.74, 6) is 0. The van der Waals surface area contributed by atoms with Gasteiger partial charge in [-0.3, -0.25) is 15.1 Å². The highest BCUT2D eigenvalue weighted by molar-refractivity contribution is 5.99. The first kappa shape index (κ1) is 16.5. The lowest BCUT2D eigenvalue weighted by Crippen LogP contribution is -2.12. The van der Waals surface area contributed by atoms with Crippen molar-refractivity contribution in [3.63, 3.8) is 0 Å². The molecule has 0 atom stereocenters. The van der Waals surface area contributed by atoms with Crippen LogP contribution in [0.2, 0.25) is 0 Å². The van der Waals surface area contributed by atoms with Crippen molar-refractivity contribution in [2.45, 2.75) is 6.92 Å². The molecule has 2 aromatic carbocycles. The van der Waals surface area contributed by atoms with E-state index in [-0.39, 0.29) is 5.69 Å². The van der Waals surface area contributed by atoms with Gasteiger partial charge >= 0.3 is 0 Å². The maximum absolute atomic E-state index is 10.7. The number of nitro benzene ring substituents is 1. The Morgan fingerprint density at radius 2 is 1.48 bits per heavy atom. The third kappa shape index (κ3) is 4.06. The van der Waals surface area contributed by atoms with E-state index in [9.17, 15) is 10.1 Å². The molecular formula is C17H20N4O2. The fourth-order valence-corrected chi connectivity index (χ4v) is 2.13. The van der Waals surface area contributed by atoms with Crippen molar-refractivity contribution in [3.8, 4) is 0 Å². The summed E-state index contributed by atoms with van der Waals surface area (Å²) in [7, 11) is 5.81. The molecule has 6 nitrogen and oxygen atoms in total. The number of nitro groups is 1. The van der Waals surface area contributed by atoms with Gasteiger partial charge in [0, 0.05) is 39.0 Å². The minimum Gasteiger partial charge on any atom is -0.378 e. The number of nitrogens with zero attached hydrogens (tertiary/aromatic N) is 4. The predicted octanol–water partition coefficient (Wildman–Crippen LogP) is 3.52. The maximum atomic E-state index is 10.7. The van der Waals surface area contributed by atoms with E-state index in [0.29, 0.717) is 0 Å². The molecule has 0 N–H and O–H groups in total. The van der Waals surface area contributed by atoms with Crippen LogP contribution in [0, 0.1) is 10.1 Å². The molecule has 120 valence electrons. The van der Waals surface area contributed by atoms with Gasteiger partial charge in [-0.15, -0.1) is 0 Å². The molecule has 0 fully saturated rings. The molecule has 2 aromatic rings. The number of non-ortho nitro benzene ring substituents is 1. The molecule has 0 aliphatic heterocycles. The first-order chi connectivity index (χ1) is 10.9. The van der Waals surface area contributed by atoms with Gasteiger partial charge in [0.05, 0.1) is 16.3 Å². The predicted molar refractivity (Wildman–Crippen MR) is 94.5 cm³/mol. The van der Waals surface area contributed by atoms with Crippen molar-refractivity contribution < 1.29 is 4.92 Å². The van der Waals surface area contributed by atoms with E-state index in [1.807, 2.05) is 57.2 Å². The minimum atomic E-state index is -0.412. The summed E-state index contributed by atoms with van der Waals surface area (Å²) in [6, 6.07) is 14.5. The molecule has 0 aliphatic carbocycles. The van der Waals surface area contributed by atoms with E-state index in [0.717, 1.165) is 22.6 Å². The second-order valence-electron chi connectivity index (χ2n) is 5.42. The molecule has 0 bridgehead atoms. The van der Waals surface area contributed by atoms with Gasteiger partial charge in [-0.2, -0.15) is 5.10 Å². The Hall–Kier alpha value is -2.89. The van der Waals surface area contributed by atoms with Crippen molar-refractivity contribution in [3.05, 3.63) is 64.2 Å². The normalized spacial score (nSPS) is 11.2. The van der Waals surface area contributed by atoms with Crippen molar-refractivity contribution in [1.82, 2.24) is 0 Å². The maximum Gasteiger partial charge on any atom is 0.269 e. The molecular weight excluding hydrogens is 292 g/mol. The van der Waals surface area contributed by atoms with Crippen LogP contribution >= 0.6 is 0 Å². The molecule has 0 heterocycles. The first-order valence-electron chi connectivity index (χ1n) is 7.19. The van der Waals surface area contributed by atoms with E-state index >= 15 is 0 Å². The Morgan fingerprint density at radius 1 is 0.957 bits per heavy atom. The molecule has 0 aromatic heterocycles. The lowest BCUT2D eigenvalue weighted by Gasteiger charge is -2.15. The van der Waals surface area contributed by atoms with Crippen molar-refractivity contribution in [2.24, 2.45) is 5.10 Å². The van der Waals surface area contributed by atoms with Gasteiger partial charge in [0.1, 0.15) is 0 Å². The van der Waals surface area contributed by atoms with E-state index in [1.54, 1.807) is 17.1 Å². The minimum absolute atomic E-state index is 0.0714. The molecule has 0 spiro atoms. The number of rotatable bonds is 5. The third-order valence-electron chi connectivity index (χ3n) is 3.54. The van der Waals surface area contributed by atoms with Gasteiger partial charge < -0.3 is 4.90 Å². The van der Waals surface area contributed by atoms with Crippen LogP contribution < -0.4 is 9.91 Å². The number of anilines is 2. The van der Waals surface area contributed by atoms with Crippen molar-refractivity contribution >= 4 is 22.8 Å². The van der Waals surface area contributed by atoms with Crippen LogP contribution in [-0.4, -0.2) is 31.8 Å². The summed E-state index contributed by atoms with van der Waals surface area (Å²) in [6.07, 6.45) is 0. The molecule has 0 saturated carbocycles. The topological polar surface area (TPSA) is 62.0 Å².